The lowest BCUT2D eigenvalue weighted by Gasteiger charge is -2.09. The topological polar surface area (TPSA) is 37.8 Å². The Morgan fingerprint density at radius 3 is 2.45 bits per heavy atom. The van der Waals surface area contributed by atoms with Crippen LogP contribution in [0.2, 0.25) is 0 Å². The number of hydrogen-bond donors (Lipinski definition) is 1. The number of aryl methyl sites for hydroxylation is 1. The van der Waals surface area contributed by atoms with Gasteiger partial charge in [0.15, 0.2) is 0 Å². The van der Waals surface area contributed by atoms with Crippen molar-refractivity contribution < 1.29 is 13.2 Å². The molecule has 0 bridgehead atoms. The zero-order valence-electron chi connectivity index (χ0n) is 12.5. The van der Waals surface area contributed by atoms with E-state index in [2.05, 4.69) is 21.2 Å². The first-order valence-corrected chi connectivity index (χ1v) is 6.64. The molecule has 0 saturated heterocycles. The van der Waals surface area contributed by atoms with Crippen molar-refractivity contribution in [3.8, 4) is 12.3 Å². The highest BCUT2D eigenvalue weighted by Gasteiger charge is 2.32. The molecule has 1 N–H and O–H groups in total. The predicted octanol–water partition coefficient (Wildman–Crippen LogP) is 4.55. The van der Waals surface area contributed by atoms with Gasteiger partial charge in [-0.25, -0.2) is 9.97 Å². The molecule has 0 fully saturated rings. The molecule has 0 radical (unpaired) electrons. The monoisotopic (exact) mass is 307 g/mol. The van der Waals surface area contributed by atoms with E-state index < -0.39 is 11.9 Å². The minimum Gasteiger partial charge on any atom is -0.324 e. The average molecular weight is 307 g/mol. The van der Waals surface area contributed by atoms with Crippen molar-refractivity contribution in [1.82, 2.24) is 9.97 Å². The van der Waals surface area contributed by atoms with Crippen molar-refractivity contribution in [1.29, 1.82) is 0 Å². The summed E-state index contributed by atoms with van der Waals surface area (Å²) in [5.74, 6) is 2.34. The lowest BCUT2D eigenvalue weighted by atomic mass is 10.1. The molecule has 0 saturated carbocycles. The van der Waals surface area contributed by atoms with Gasteiger partial charge < -0.3 is 5.32 Å². The van der Waals surface area contributed by atoms with Gasteiger partial charge in [-0.1, -0.05) is 19.8 Å². The van der Waals surface area contributed by atoms with E-state index in [1.54, 1.807) is 18.2 Å². The molecule has 2 aromatic rings. The summed E-state index contributed by atoms with van der Waals surface area (Å²) in [4.78, 5) is 7.19. The summed E-state index contributed by atoms with van der Waals surface area (Å²) in [7, 11) is 0. The van der Waals surface area contributed by atoms with Crippen LogP contribution in [-0.4, -0.2) is 9.97 Å². The van der Waals surface area contributed by atoms with E-state index in [1.165, 1.54) is 0 Å². The summed E-state index contributed by atoms with van der Waals surface area (Å²) >= 11 is 0. The molecule has 1 aromatic carbocycles. The molecule has 2 rings (SSSR count). The zero-order valence-corrected chi connectivity index (χ0v) is 12.5. The number of halogens is 3. The van der Waals surface area contributed by atoms with Gasteiger partial charge in [-0.2, -0.15) is 13.2 Å². The molecule has 1 aromatic heterocycles. The van der Waals surface area contributed by atoms with E-state index in [9.17, 15) is 13.2 Å². The fourth-order valence-electron chi connectivity index (χ4n) is 1.64. The number of terminal acetylenes is 1. The van der Waals surface area contributed by atoms with E-state index in [-0.39, 0.29) is 5.95 Å². The fraction of sp³-hybridized carbons (Fsp3) is 0.250. The third-order valence-corrected chi connectivity index (χ3v) is 2.45. The van der Waals surface area contributed by atoms with Crippen LogP contribution in [-0.2, 0) is 6.18 Å². The molecule has 0 aliphatic carbocycles. The van der Waals surface area contributed by atoms with Crippen molar-refractivity contribution in [2.45, 2.75) is 26.9 Å². The van der Waals surface area contributed by atoms with Crippen LogP contribution in [0, 0.1) is 19.3 Å². The van der Waals surface area contributed by atoms with Gasteiger partial charge in [0.05, 0.1) is 0 Å². The number of hydrogen-bond acceptors (Lipinski definition) is 3. The maximum atomic E-state index is 12.5. The summed E-state index contributed by atoms with van der Waals surface area (Å²) in [6.45, 7) is 5.83. The van der Waals surface area contributed by atoms with Crippen LogP contribution in [0.5, 0.6) is 0 Å². The zero-order chi connectivity index (χ0) is 16.8. The van der Waals surface area contributed by atoms with E-state index >= 15 is 0 Å². The fourth-order valence-corrected chi connectivity index (χ4v) is 1.64. The molecule has 0 aliphatic rings. The first-order chi connectivity index (χ1) is 10.4. The van der Waals surface area contributed by atoms with Gasteiger partial charge in [0.1, 0.15) is 5.69 Å². The van der Waals surface area contributed by atoms with Crippen molar-refractivity contribution >= 4 is 11.6 Å². The van der Waals surface area contributed by atoms with Crippen LogP contribution in [0.25, 0.3) is 0 Å². The highest BCUT2D eigenvalue weighted by atomic mass is 19.4. The molecule has 0 atom stereocenters. The van der Waals surface area contributed by atoms with Crippen LogP contribution < -0.4 is 5.32 Å². The van der Waals surface area contributed by atoms with Crippen molar-refractivity contribution in [3.63, 3.8) is 0 Å². The molecule has 0 aliphatic heterocycles. The Morgan fingerprint density at radius 2 is 1.86 bits per heavy atom. The summed E-state index contributed by atoms with van der Waals surface area (Å²) < 4.78 is 37.6. The maximum absolute atomic E-state index is 12.5. The number of rotatable bonds is 2. The van der Waals surface area contributed by atoms with Crippen molar-refractivity contribution in [2.75, 3.05) is 5.32 Å². The SMILES string of the molecule is C#Cc1cc(C)cc(Nc2nccc(C(F)(F)F)n2)c1.CC. The van der Waals surface area contributed by atoms with Crippen LogP contribution >= 0.6 is 0 Å². The minimum absolute atomic E-state index is 0.131. The molecular weight excluding hydrogens is 291 g/mol. The summed E-state index contributed by atoms with van der Waals surface area (Å²) in [6, 6.07) is 5.98. The Balaban J connectivity index is 0.00000116. The molecule has 3 nitrogen and oxygen atoms in total. The molecular formula is C16H16F3N3. The Hall–Kier alpha value is -2.55. The average Bonchev–Trinajstić information content (AvgIpc) is 2.48. The largest absolute Gasteiger partial charge is 0.433 e. The first-order valence-electron chi connectivity index (χ1n) is 6.64. The summed E-state index contributed by atoms with van der Waals surface area (Å²) in [5, 5.41) is 2.71. The van der Waals surface area contributed by atoms with Crippen molar-refractivity contribution in [3.05, 3.63) is 47.3 Å². The van der Waals surface area contributed by atoms with Gasteiger partial charge in [-0.3, -0.25) is 0 Å². The standard InChI is InChI=1S/C14H10F3N3.C2H6/c1-3-10-6-9(2)7-11(8-10)19-13-18-5-4-12(20-13)14(15,16)17;1-2/h1,4-8H,2H3,(H,18,19,20);1-2H3. The maximum Gasteiger partial charge on any atom is 0.433 e. The van der Waals surface area contributed by atoms with Gasteiger partial charge in [0.2, 0.25) is 5.95 Å². The van der Waals surface area contributed by atoms with Crippen LogP contribution in [0.1, 0.15) is 30.7 Å². The second kappa shape index (κ2) is 7.46. The third kappa shape index (κ3) is 4.77. The van der Waals surface area contributed by atoms with Crippen LogP contribution in [0.4, 0.5) is 24.8 Å². The molecule has 0 spiro atoms. The Morgan fingerprint density at radius 1 is 1.18 bits per heavy atom. The number of aromatic nitrogens is 2. The van der Waals surface area contributed by atoms with Crippen LogP contribution in [0.15, 0.2) is 30.5 Å². The number of alkyl halides is 3. The molecule has 22 heavy (non-hydrogen) atoms. The van der Waals surface area contributed by atoms with Gasteiger partial charge in [-0.05, 0) is 36.8 Å². The molecule has 1 heterocycles. The minimum atomic E-state index is -4.50. The quantitative estimate of drug-likeness (QED) is 0.827. The summed E-state index contributed by atoms with van der Waals surface area (Å²) in [5.41, 5.74) is 1.05. The number of anilines is 2. The third-order valence-electron chi connectivity index (χ3n) is 2.45. The Bertz CT molecular complexity index is 673. The lowest BCUT2D eigenvalue weighted by Crippen LogP contribution is -2.10. The normalized spacial score (nSPS) is 10.2. The van der Waals surface area contributed by atoms with Gasteiger partial charge in [0, 0.05) is 17.4 Å². The van der Waals surface area contributed by atoms with Crippen molar-refractivity contribution in [2.24, 2.45) is 0 Å². The highest BCUT2D eigenvalue weighted by molar-refractivity contribution is 5.58. The van der Waals surface area contributed by atoms with Gasteiger partial charge in [-0.15, -0.1) is 6.42 Å². The second-order valence-corrected chi connectivity index (χ2v) is 4.12. The first kappa shape index (κ1) is 17.5. The molecule has 0 unspecified atom stereocenters. The Kier molecular flexibility index (Phi) is 5.93. The van der Waals surface area contributed by atoms with Gasteiger partial charge >= 0.3 is 6.18 Å². The smallest absolute Gasteiger partial charge is 0.324 e. The van der Waals surface area contributed by atoms with Crippen LogP contribution in [0.3, 0.4) is 0 Å². The molecule has 6 heteroatoms. The Labute approximate surface area is 127 Å². The molecule has 116 valence electrons. The molecule has 0 amide bonds. The summed E-state index contributed by atoms with van der Waals surface area (Å²) in [6.07, 6.45) is 1.85. The second-order valence-electron chi connectivity index (χ2n) is 4.12. The van der Waals surface area contributed by atoms with E-state index in [0.717, 1.165) is 17.8 Å². The highest BCUT2D eigenvalue weighted by Crippen LogP contribution is 2.28. The van der Waals surface area contributed by atoms with E-state index in [1.807, 2.05) is 20.8 Å². The van der Waals surface area contributed by atoms with E-state index in [4.69, 9.17) is 6.42 Å². The lowest BCUT2D eigenvalue weighted by molar-refractivity contribution is -0.141. The predicted molar refractivity (Wildman–Crippen MR) is 80.8 cm³/mol. The number of nitrogens with one attached hydrogen (secondary N) is 1. The number of nitrogens with zero attached hydrogens (tertiary/aromatic N) is 2. The van der Waals surface area contributed by atoms with Gasteiger partial charge in [0.25, 0.3) is 0 Å². The number of benzene rings is 1. The van der Waals surface area contributed by atoms with E-state index in [0.29, 0.717) is 11.3 Å².